The smallest absolute Gasteiger partial charge is 0.244 e. The van der Waals surface area contributed by atoms with E-state index < -0.39 is 175 Å². The highest BCUT2D eigenvalue weighted by Gasteiger charge is 2.52. The summed E-state index contributed by atoms with van der Waals surface area (Å²) in [5.41, 5.74) is 18.2. The second kappa shape index (κ2) is 39.1. The van der Waals surface area contributed by atoms with Crippen molar-refractivity contribution in [2.45, 2.75) is 261 Å². The molecule has 15 unspecified atom stereocenters. The van der Waals surface area contributed by atoms with Crippen molar-refractivity contribution in [1.82, 2.24) is 31.9 Å². The van der Waals surface area contributed by atoms with E-state index in [9.17, 15) is 63.9 Å². The van der Waals surface area contributed by atoms with Crippen LogP contribution in [0, 0.1) is 35.5 Å². The number of aliphatic hydroxyl groups is 4. The van der Waals surface area contributed by atoms with Gasteiger partial charge in [-0.15, -0.1) is 0 Å². The fraction of sp³-hybridized carbons (Fsp3) is 0.576. The average molecular weight is 1650 g/mol. The number of carbonyl (C=O) groups is 10. The van der Waals surface area contributed by atoms with Crippen LogP contribution in [0.5, 0.6) is 34.5 Å². The van der Waals surface area contributed by atoms with Gasteiger partial charge < -0.3 is 102 Å². The molecule has 117 heavy (non-hydrogen) atoms. The second-order valence-corrected chi connectivity index (χ2v) is 33.8. The van der Waals surface area contributed by atoms with Gasteiger partial charge in [0.1, 0.15) is 59.1 Å². The van der Waals surface area contributed by atoms with Crippen LogP contribution >= 0.6 is 11.6 Å². The minimum absolute atomic E-state index is 0.0227. The molecule has 4 heterocycles. The molecule has 4 aromatic carbocycles. The predicted molar refractivity (Wildman–Crippen MR) is 425 cm³/mol. The number of aliphatic hydroxyl groups excluding tert-OH is 4. The van der Waals surface area contributed by atoms with Crippen LogP contribution in [-0.4, -0.2) is 171 Å². The lowest BCUT2D eigenvalue weighted by Gasteiger charge is -2.54. The fourth-order valence-corrected chi connectivity index (χ4v) is 17.9. The first-order valence-corrected chi connectivity index (χ1v) is 41.0. The molecule has 17 N–H and O–H groups in total. The van der Waals surface area contributed by atoms with E-state index in [1.165, 1.54) is 67.8 Å². The Bertz CT molecular complexity index is 4320. The van der Waals surface area contributed by atoms with Crippen LogP contribution < -0.4 is 63.3 Å². The number of primary amides is 2. The van der Waals surface area contributed by atoms with E-state index in [1.807, 2.05) is 20.8 Å². The van der Waals surface area contributed by atoms with Crippen molar-refractivity contribution in [1.29, 1.82) is 0 Å². The number of aromatic hydroxyl groups is 1. The summed E-state index contributed by atoms with van der Waals surface area (Å²) in [5.74, 6) is -9.84. The van der Waals surface area contributed by atoms with Gasteiger partial charge in [0.2, 0.25) is 65.2 Å². The lowest BCUT2D eigenvalue weighted by Crippen LogP contribution is -2.62. The minimum Gasteiger partial charge on any atom is -0.507 e. The van der Waals surface area contributed by atoms with Gasteiger partial charge >= 0.3 is 0 Å². The number of imide groups is 1. The zero-order valence-electron chi connectivity index (χ0n) is 67.1. The Balaban J connectivity index is 0.967. The first kappa shape index (κ1) is 88.5. The van der Waals surface area contributed by atoms with E-state index in [0.29, 0.717) is 42.2 Å². The molecule has 4 aliphatic heterocycles. The Labute approximate surface area is 684 Å². The number of fused-ring (bicyclic) bond motifs is 9. The van der Waals surface area contributed by atoms with Crippen molar-refractivity contribution in [3.63, 3.8) is 0 Å². The largest absolute Gasteiger partial charge is 0.507 e. The summed E-state index contributed by atoms with van der Waals surface area (Å²) in [6.07, 6.45) is -4.10. The number of Topliss-reactive ketones (excluding diaryl/α,β-unsaturated/α-hetero) is 1. The van der Waals surface area contributed by atoms with Gasteiger partial charge in [0.05, 0.1) is 74.9 Å². The number of hydrogen-bond donors (Lipinski definition) is 14. The summed E-state index contributed by atoms with van der Waals surface area (Å²) in [5, 5.41) is 73.6. The number of ether oxygens (including phenoxy) is 7. The number of unbranched alkanes of at least 4 members (excludes halogenated alkanes) is 4. The van der Waals surface area contributed by atoms with Gasteiger partial charge in [-0.2, -0.15) is 0 Å². The van der Waals surface area contributed by atoms with E-state index in [2.05, 4.69) is 31.9 Å². The van der Waals surface area contributed by atoms with Crippen LogP contribution in [0.3, 0.4) is 0 Å². The van der Waals surface area contributed by atoms with Gasteiger partial charge in [0.25, 0.3) is 0 Å². The number of halogens is 1. The minimum atomic E-state index is -1.95. The maximum Gasteiger partial charge on any atom is 0.244 e. The maximum absolute atomic E-state index is 15.3. The predicted octanol–water partition coefficient (Wildman–Crippen LogP) is 6.55. The molecule has 9 amide bonds. The van der Waals surface area contributed by atoms with Crippen molar-refractivity contribution < 1.29 is 107 Å². The summed E-state index contributed by atoms with van der Waals surface area (Å²) in [7, 11) is 1.34. The number of nitrogens with one attached hydrogen (secondary N) is 6. The molecule has 32 heteroatoms. The average Bonchev–Trinajstić information content (AvgIpc) is 0.751. The Morgan fingerprint density at radius 3 is 2.15 bits per heavy atom. The summed E-state index contributed by atoms with van der Waals surface area (Å²) >= 11 is 7.21. The van der Waals surface area contributed by atoms with Gasteiger partial charge in [-0.25, -0.2) is 0 Å². The van der Waals surface area contributed by atoms with Crippen molar-refractivity contribution in [3.8, 4) is 34.5 Å². The van der Waals surface area contributed by atoms with E-state index >= 15 is 9.59 Å². The first-order valence-electron chi connectivity index (χ1n) is 40.7. The number of phenols is 1. The van der Waals surface area contributed by atoms with Crippen molar-refractivity contribution in [3.05, 3.63) is 111 Å². The highest BCUT2D eigenvalue weighted by Crippen LogP contribution is 2.55. The number of amides is 9. The normalized spacial score (nSPS) is 28.8. The van der Waals surface area contributed by atoms with Gasteiger partial charge in [0.15, 0.2) is 17.8 Å². The van der Waals surface area contributed by atoms with Crippen LogP contribution in [0.1, 0.15) is 209 Å². The topological polar surface area (TPSA) is 487 Å². The highest BCUT2D eigenvalue weighted by atomic mass is 35.5. The molecule has 6 fully saturated rings. The van der Waals surface area contributed by atoms with Gasteiger partial charge in [-0.1, -0.05) is 89.2 Å². The van der Waals surface area contributed by atoms with Crippen LogP contribution in [0.25, 0.3) is 5.57 Å². The third-order valence-electron chi connectivity index (χ3n) is 23.7. The molecule has 0 radical (unpaired) electrons. The van der Waals surface area contributed by atoms with E-state index in [1.54, 1.807) is 32.9 Å². The fourth-order valence-electron chi connectivity index (χ4n) is 17.7. The lowest BCUT2D eigenvalue weighted by molar-refractivity contribution is -0.316. The molecule has 15 atom stereocenters. The quantitative estimate of drug-likeness (QED) is 0.0237. The number of benzene rings is 4. The molecular weight excluding hydrogens is 1530 g/mol. The number of allylic oxidation sites excluding steroid dienone is 1. The SMILES string of the molecule is CCCCCCCC(=O)NC(=O)CC1NC(=O)C(NC(=O)CCC(C)C)C(C)c2ccc(cc2)Oc2cc(cc(Oc3ccc(C(O)CC(=O)NC(C(=O)NC4C5CC6CC(C5)CC4C6)C4CC(=O)CC(OC)=C4c4cc(CC(N)=O)ccc4O)cc3Cl)c2OC2OC(CO)CC(O)C2OC2CC(C)(N)C(O)C(C)O2)C(C(N)=O)NC1=O. The van der Waals surface area contributed by atoms with Crippen LogP contribution in [0.15, 0.2) is 78.6 Å². The van der Waals surface area contributed by atoms with Crippen LogP contribution in [0.4, 0.5) is 0 Å². The third-order valence-corrected chi connectivity index (χ3v) is 24.0. The molecular formula is C85H112ClN9O22. The number of carbonyl (C=O) groups excluding carboxylic acids is 10. The molecule has 0 spiro atoms. The highest BCUT2D eigenvalue weighted by molar-refractivity contribution is 6.32. The van der Waals surface area contributed by atoms with Gasteiger partial charge in [-0.3, -0.25) is 53.3 Å². The van der Waals surface area contributed by atoms with Crippen molar-refractivity contribution in [2.24, 2.45) is 52.7 Å². The zero-order valence-corrected chi connectivity index (χ0v) is 67.9. The Morgan fingerprint density at radius 2 is 1.50 bits per heavy atom. The number of hydrogen-bond acceptors (Lipinski definition) is 23. The third kappa shape index (κ3) is 22.2. The Kier molecular flexibility index (Phi) is 29.5. The Hall–Kier alpha value is -9.31. The van der Waals surface area contributed by atoms with Crippen molar-refractivity contribution in [2.75, 3.05) is 13.7 Å². The molecule has 4 saturated carbocycles. The summed E-state index contributed by atoms with van der Waals surface area (Å²) < 4.78 is 45.0. The molecule has 2 saturated heterocycles. The molecule has 13 rings (SSSR count). The number of methoxy groups -OCH3 is 1. The number of rotatable bonds is 31. The van der Waals surface area contributed by atoms with Crippen molar-refractivity contribution >= 4 is 76.1 Å². The molecule has 31 nitrogen and oxygen atoms in total. The lowest BCUT2D eigenvalue weighted by atomic mass is 9.54. The molecule has 4 aromatic rings. The summed E-state index contributed by atoms with van der Waals surface area (Å²) in [6.45, 7) is 10.1. The van der Waals surface area contributed by atoms with Crippen LogP contribution in [-0.2, 0) is 73.3 Å². The standard InChI is InChI=1S/C85H112ClN9O22/c1-8-9-10-11-12-13-67(102)91-69(104)37-58-81(108)95-75(80(88)107)51-32-64(113-53-19-16-47(17-20-53)42(4)73(82(109)90-58)92-68(103)23-14-41(2)3)78(117-84-77(61(100)36-54(40-96)114-84)116-71-39-85(6,89)79(106)43(5)112-71)65(33-51)115-62-22-18-48(31-57(62)86)60(99)38-70(105)93-76(83(110)94-74-49-25-45-24-46(27-49)28-50(74)26-45)56-34-52(97)35-63(111-7)72(56)55-29-44(30-66(87)101)15-21-59(55)98/h15-22,29,31-33,41-43,45-46,49-50,54,56,58,60-61,71,73-77,79,84,96,98-100,106H,8-14,23-28,30,34-40,89H2,1-7H3,(H2,87,101)(H2,88,107)(H,90,109)(H,92,103)(H,93,105)(H,94,110)(H,95,108)(H,91,102,104). The molecule has 5 aliphatic carbocycles. The number of nitrogens with two attached hydrogens (primary N) is 3. The molecule has 8 bridgehead atoms. The summed E-state index contributed by atoms with van der Waals surface area (Å²) in [4.78, 5) is 141. The molecule has 636 valence electrons. The first-order chi connectivity index (χ1) is 55.6. The number of phenolic OH excluding ortho intramolecular Hbond substituents is 1. The van der Waals surface area contributed by atoms with Gasteiger partial charge in [-0.05, 0) is 159 Å². The number of ketones is 1. The maximum atomic E-state index is 15.3. The van der Waals surface area contributed by atoms with Gasteiger partial charge in [0, 0.05) is 66.7 Å². The monoisotopic (exact) mass is 1650 g/mol. The van der Waals surface area contributed by atoms with Crippen LogP contribution in [0.2, 0.25) is 5.02 Å². The second-order valence-electron chi connectivity index (χ2n) is 33.4. The molecule has 9 aliphatic rings. The zero-order chi connectivity index (χ0) is 84.4. The Morgan fingerprint density at radius 1 is 0.786 bits per heavy atom. The molecule has 0 aromatic heterocycles. The van der Waals surface area contributed by atoms with E-state index in [-0.39, 0.29) is 131 Å². The summed E-state index contributed by atoms with van der Waals surface area (Å²) in [6, 6.07) is 10.0. The van der Waals surface area contributed by atoms with E-state index in [0.717, 1.165) is 51.4 Å². The van der Waals surface area contributed by atoms with E-state index in [4.69, 9.17) is 62.0 Å².